The van der Waals surface area contributed by atoms with E-state index in [1.54, 1.807) is 6.20 Å². The van der Waals surface area contributed by atoms with Gasteiger partial charge in [-0.15, -0.1) is 0 Å². The lowest BCUT2D eigenvalue weighted by Crippen LogP contribution is -2.26. The lowest BCUT2D eigenvalue weighted by Gasteiger charge is -2.10. The van der Waals surface area contributed by atoms with Gasteiger partial charge in [0.05, 0.1) is 18.4 Å². The van der Waals surface area contributed by atoms with E-state index in [-0.39, 0.29) is 12.7 Å². The van der Waals surface area contributed by atoms with Crippen LogP contribution in [-0.2, 0) is 11.7 Å². The molecule has 1 rings (SSSR count). The normalized spacial score (nSPS) is 12.6. The zero-order valence-corrected chi connectivity index (χ0v) is 9.43. The van der Waals surface area contributed by atoms with Crippen molar-refractivity contribution in [2.24, 2.45) is 0 Å². The second-order valence-corrected chi connectivity index (χ2v) is 3.81. The third-order valence-corrected chi connectivity index (χ3v) is 2.34. The number of nitrogens with one attached hydrogen (secondary N) is 1. The quantitative estimate of drug-likeness (QED) is 0.649. The minimum Gasteiger partial charge on any atom is -0.392 e. The molecule has 0 aromatic carbocycles. The van der Waals surface area contributed by atoms with Crippen LogP contribution in [0.5, 0.6) is 0 Å². The van der Waals surface area contributed by atoms with Crippen molar-refractivity contribution in [2.75, 3.05) is 13.2 Å². The maximum absolute atomic E-state index is 10.2. The van der Waals surface area contributed by atoms with Gasteiger partial charge in [-0.1, -0.05) is 6.07 Å². The van der Waals surface area contributed by atoms with Gasteiger partial charge in [-0.3, -0.25) is 4.98 Å². The summed E-state index contributed by atoms with van der Waals surface area (Å²) in [6.45, 7) is 1.17. The van der Waals surface area contributed by atoms with Gasteiger partial charge in [0.25, 0.3) is 0 Å². The first kappa shape index (κ1) is 13.1. The standard InChI is InChI=1S/C12H19N2O2/c15-8-4-2-6-12(16)10-13-9-11-5-1-3-7-14-11/h1,3,5,7,12-13,16H,2,4,6,8-10H2. The molecule has 0 amide bonds. The van der Waals surface area contributed by atoms with Gasteiger partial charge in [-0.05, 0) is 31.4 Å². The second-order valence-electron chi connectivity index (χ2n) is 3.81. The predicted molar refractivity (Wildman–Crippen MR) is 61.4 cm³/mol. The van der Waals surface area contributed by atoms with E-state index in [0.29, 0.717) is 25.9 Å². The first-order chi connectivity index (χ1) is 7.83. The molecule has 89 valence electrons. The highest BCUT2D eigenvalue weighted by atomic mass is 16.3. The highest BCUT2D eigenvalue weighted by Crippen LogP contribution is 2.00. The molecule has 0 aliphatic carbocycles. The number of rotatable bonds is 8. The molecule has 2 N–H and O–H groups in total. The Hall–Kier alpha value is -0.970. The molecule has 1 radical (unpaired) electrons. The summed E-state index contributed by atoms with van der Waals surface area (Å²) in [5.74, 6) is 0. The Balaban J connectivity index is 2.06. The summed E-state index contributed by atoms with van der Waals surface area (Å²) in [5, 5.41) is 22.9. The van der Waals surface area contributed by atoms with Gasteiger partial charge in [0.15, 0.2) is 0 Å². The molecule has 0 spiro atoms. The molecule has 1 aromatic rings. The molecule has 0 fully saturated rings. The molecule has 0 aliphatic rings. The van der Waals surface area contributed by atoms with Gasteiger partial charge in [-0.2, -0.15) is 0 Å². The van der Waals surface area contributed by atoms with E-state index < -0.39 is 0 Å². The Morgan fingerprint density at radius 3 is 2.94 bits per heavy atom. The van der Waals surface area contributed by atoms with Crippen LogP contribution in [0.15, 0.2) is 24.4 Å². The van der Waals surface area contributed by atoms with Crippen molar-refractivity contribution in [2.45, 2.75) is 31.9 Å². The monoisotopic (exact) mass is 223 g/mol. The van der Waals surface area contributed by atoms with Crippen LogP contribution >= 0.6 is 0 Å². The maximum Gasteiger partial charge on any atom is 0.0822 e. The highest BCUT2D eigenvalue weighted by Gasteiger charge is 2.03. The molecule has 1 heterocycles. The molecule has 0 saturated carbocycles. The molecule has 0 bridgehead atoms. The summed E-state index contributed by atoms with van der Waals surface area (Å²) in [4.78, 5) is 4.17. The lowest BCUT2D eigenvalue weighted by atomic mass is 10.1. The van der Waals surface area contributed by atoms with Crippen molar-refractivity contribution in [1.29, 1.82) is 0 Å². The average molecular weight is 223 g/mol. The SMILES string of the molecule is [O]CCCCC(O)CNCc1ccccn1. The van der Waals surface area contributed by atoms with E-state index in [0.717, 1.165) is 12.1 Å². The molecule has 1 aromatic heterocycles. The summed E-state index contributed by atoms with van der Waals surface area (Å²) < 4.78 is 0. The van der Waals surface area contributed by atoms with E-state index in [1.165, 1.54) is 0 Å². The van der Waals surface area contributed by atoms with Crippen LogP contribution in [0.2, 0.25) is 0 Å². The molecule has 0 saturated heterocycles. The van der Waals surface area contributed by atoms with Crippen molar-refractivity contribution < 1.29 is 10.2 Å². The average Bonchev–Trinajstić information content (AvgIpc) is 2.31. The van der Waals surface area contributed by atoms with Crippen LogP contribution in [-0.4, -0.2) is 29.3 Å². The number of nitrogens with zero attached hydrogens (tertiary/aromatic N) is 1. The van der Waals surface area contributed by atoms with Crippen LogP contribution in [0, 0.1) is 0 Å². The van der Waals surface area contributed by atoms with Crippen LogP contribution < -0.4 is 5.32 Å². The zero-order valence-electron chi connectivity index (χ0n) is 9.43. The molecule has 1 atom stereocenters. The van der Waals surface area contributed by atoms with E-state index in [1.807, 2.05) is 18.2 Å². The third-order valence-electron chi connectivity index (χ3n) is 2.34. The Morgan fingerprint density at radius 2 is 2.25 bits per heavy atom. The Bertz CT molecular complexity index is 267. The van der Waals surface area contributed by atoms with Crippen molar-refractivity contribution in [3.05, 3.63) is 30.1 Å². The van der Waals surface area contributed by atoms with Crippen LogP contribution in [0.4, 0.5) is 0 Å². The van der Waals surface area contributed by atoms with Crippen molar-refractivity contribution in [1.82, 2.24) is 10.3 Å². The smallest absolute Gasteiger partial charge is 0.0822 e. The van der Waals surface area contributed by atoms with Crippen molar-refractivity contribution >= 4 is 0 Å². The van der Waals surface area contributed by atoms with Crippen LogP contribution in [0.3, 0.4) is 0 Å². The van der Waals surface area contributed by atoms with Gasteiger partial charge in [0, 0.05) is 19.3 Å². The summed E-state index contributed by atoms with van der Waals surface area (Å²) in [7, 11) is 0. The van der Waals surface area contributed by atoms with Gasteiger partial charge in [-0.25, -0.2) is 5.11 Å². The van der Waals surface area contributed by atoms with E-state index >= 15 is 0 Å². The van der Waals surface area contributed by atoms with E-state index in [9.17, 15) is 10.2 Å². The fourth-order valence-electron chi connectivity index (χ4n) is 1.45. The lowest BCUT2D eigenvalue weighted by molar-refractivity contribution is 0.145. The Morgan fingerprint density at radius 1 is 1.38 bits per heavy atom. The number of aliphatic hydroxyl groups is 1. The minimum atomic E-state index is -0.365. The summed E-state index contributed by atoms with van der Waals surface area (Å²) in [5.41, 5.74) is 0.967. The van der Waals surface area contributed by atoms with E-state index in [4.69, 9.17) is 0 Å². The van der Waals surface area contributed by atoms with E-state index in [2.05, 4.69) is 10.3 Å². The maximum atomic E-state index is 10.2. The third kappa shape index (κ3) is 5.80. The van der Waals surface area contributed by atoms with Gasteiger partial charge >= 0.3 is 0 Å². The highest BCUT2D eigenvalue weighted by molar-refractivity contribution is 5.02. The Labute approximate surface area is 96.3 Å². The van der Waals surface area contributed by atoms with Gasteiger partial charge in [0.2, 0.25) is 0 Å². The summed E-state index contributed by atoms with van der Waals surface area (Å²) in [6, 6.07) is 5.76. The Kier molecular flexibility index (Phi) is 6.72. The minimum absolute atomic E-state index is 0.0475. The zero-order chi connectivity index (χ0) is 11.6. The molecule has 4 nitrogen and oxygen atoms in total. The first-order valence-electron chi connectivity index (χ1n) is 5.69. The summed E-state index contributed by atoms with van der Waals surface area (Å²) >= 11 is 0. The molecule has 0 aliphatic heterocycles. The predicted octanol–water partition coefficient (Wildman–Crippen LogP) is 1.13. The van der Waals surface area contributed by atoms with Crippen molar-refractivity contribution in [3.63, 3.8) is 0 Å². The van der Waals surface area contributed by atoms with Crippen molar-refractivity contribution in [3.8, 4) is 0 Å². The summed E-state index contributed by atoms with van der Waals surface area (Å²) in [6.07, 6.45) is 3.53. The molecule has 1 unspecified atom stereocenters. The molecule has 4 heteroatoms. The molecule has 16 heavy (non-hydrogen) atoms. The van der Waals surface area contributed by atoms with Crippen LogP contribution in [0.1, 0.15) is 25.0 Å². The fraction of sp³-hybridized carbons (Fsp3) is 0.583. The number of hydrogen-bond donors (Lipinski definition) is 2. The molecular weight excluding hydrogens is 204 g/mol. The number of aromatic nitrogens is 1. The largest absolute Gasteiger partial charge is 0.392 e. The first-order valence-corrected chi connectivity index (χ1v) is 5.69. The fourth-order valence-corrected chi connectivity index (χ4v) is 1.45. The topological polar surface area (TPSA) is 65.0 Å². The second kappa shape index (κ2) is 8.21. The van der Waals surface area contributed by atoms with Gasteiger partial charge in [0.1, 0.15) is 0 Å². The number of aliphatic hydroxyl groups excluding tert-OH is 1. The number of pyridine rings is 1. The number of unbranched alkanes of at least 4 members (excludes halogenated alkanes) is 1. The van der Waals surface area contributed by atoms with Crippen LogP contribution in [0.25, 0.3) is 0 Å². The number of hydrogen-bond acceptors (Lipinski definition) is 3. The molecular formula is C12H19N2O2. The van der Waals surface area contributed by atoms with Gasteiger partial charge < -0.3 is 10.4 Å².